The fourth-order valence-electron chi connectivity index (χ4n) is 2.15. The molecule has 0 aliphatic rings. The van der Waals surface area contributed by atoms with Crippen molar-refractivity contribution < 1.29 is 9.21 Å². The summed E-state index contributed by atoms with van der Waals surface area (Å²) in [6, 6.07) is 13.4. The zero-order valence-corrected chi connectivity index (χ0v) is 14.3. The van der Waals surface area contributed by atoms with Crippen molar-refractivity contribution in [1.82, 2.24) is 10.2 Å². The van der Waals surface area contributed by atoms with E-state index in [4.69, 9.17) is 4.42 Å². The summed E-state index contributed by atoms with van der Waals surface area (Å²) in [5.41, 5.74) is 0.713. The lowest BCUT2D eigenvalue weighted by molar-refractivity contribution is 0.0987. The van der Waals surface area contributed by atoms with Crippen LogP contribution in [0.15, 0.2) is 57.5 Å². The highest BCUT2D eigenvalue weighted by Crippen LogP contribution is 2.27. The Morgan fingerprint density at radius 3 is 2.74 bits per heavy atom. The van der Waals surface area contributed by atoms with Crippen molar-refractivity contribution in [3.05, 3.63) is 64.2 Å². The van der Waals surface area contributed by atoms with Crippen LogP contribution in [0.4, 0.5) is 0 Å². The van der Waals surface area contributed by atoms with Gasteiger partial charge in [-0.2, -0.15) is 0 Å². The molecule has 0 saturated heterocycles. The standard InChI is InChI=1S/C17H16N2O2S2/c1-2-14(16(20)12-7-4-3-5-8-12)23-17-19-18-15(21-17)11-13-9-6-10-22-13/h3-10,14H,2,11H2,1H3/t14-/m0/s1. The van der Waals surface area contributed by atoms with E-state index in [9.17, 15) is 4.79 Å². The minimum Gasteiger partial charge on any atom is -0.416 e. The number of rotatable bonds is 7. The number of nitrogens with zero attached hydrogens (tertiary/aromatic N) is 2. The van der Waals surface area contributed by atoms with E-state index in [1.807, 2.05) is 54.8 Å². The Kier molecular flexibility index (Phi) is 5.25. The van der Waals surface area contributed by atoms with Gasteiger partial charge >= 0.3 is 0 Å². The maximum atomic E-state index is 12.5. The molecule has 3 aromatic rings. The van der Waals surface area contributed by atoms with Gasteiger partial charge in [-0.3, -0.25) is 4.79 Å². The first-order valence-electron chi connectivity index (χ1n) is 7.37. The number of thiophene rings is 1. The van der Waals surface area contributed by atoms with Gasteiger partial charge in [0.1, 0.15) is 0 Å². The van der Waals surface area contributed by atoms with Crippen LogP contribution in [0.25, 0.3) is 0 Å². The van der Waals surface area contributed by atoms with Gasteiger partial charge in [-0.25, -0.2) is 0 Å². The van der Waals surface area contributed by atoms with Crippen molar-refractivity contribution in [3.8, 4) is 0 Å². The van der Waals surface area contributed by atoms with Crippen LogP contribution in [0.5, 0.6) is 0 Å². The van der Waals surface area contributed by atoms with E-state index >= 15 is 0 Å². The number of hydrogen-bond acceptors (Lipinski definition) is 6. The molecule has 6 heteroatoms. The van der Waals surface area contributed by atoms with E-state index in [0.717, 1.165) is 0 Å². The number of carbonyl (C=O) groups is 1. The van der Waals surface area contributed by atoms with Gasteiger partial charge in [0.2, 0.25) is 5.89 Å². The van der Waals surface area contributed by atoms with Gasteiger partial charge in [0.25, 0.3) is 5.22 Å². The summed E-state index contributed by atoms with van der Waals surface area (Å²) in [7, 11) is 0. The molecule has 0 spiro atoms. The van der Waals surface area contributed by atoms with Gasteiger partial charge in [0.15, 0.2) is 5.78 Å². The Bertz CT molecular complexity index is 754. The molecular formula is C17H16N2O2S2. The average Bonchev–Trinajstić information content (AvgIpc) is 3.25. The molecule has 0 bridgehead atoms. The number of ketones is 1. The molecule has 0 saturated carbocycles. The second-order valence-electron chi connectivity index (χ2n) is 4.96. The molecule has 0 fully saturated rings. The van der Waals surface area contributed by atoms with Crippen LogP contribution < -0.4 is 0 Å². The molecule has 2 aromatic heterocycles. The topological polar surface area (TPSA) is 56.0 Å². The summed E-state index contributed by atoms with van der Waals surface area (Å²) in [5.74, 6) is 0.674. The van der Waals surface area contributed by atoms with Crippen molar-refractivity contribution in [3.63, 3.8) is 0 Å². The fraction of sp³-hybridized carbons (Fsp3) is 0.235. The Morgan fingerprint density at radius 2 is 2.04 bits per heavy atom. The van der Waals surface area contributed by atoms with Crippen LogP contribution in [0.1, 0.15) is 34.5 Å². The predicted octanol–water partition coefficient (Wildman–Crippen LogP) is 4.48. The Labute approximate surface area is 142 Å². The van der Waals surface area contributed by atoms with E-state index < -0.39 is 0 Å². The molecule has 0 amide bonds. The summed E-state index contributed by atoms with van der Waals surface area (Å²) in [6.07, 6.45) is 1.34. The Morgan fingerprint density at radius 1 is 1.22 bits per heavy atom. The molecule has 4 nitrogen and oxygen atoms in total. The highest BCUT2D eigenvalue weighted by atomic mass is 32.2. The smallest absolute Gasteiger partial charge is 0.277 e. The molecule has 1 atom stereocenters. The van der Waals surface area contributed by atoms with Crippen LogP contribution >= 0.6 is 23.1 Å². The van der Waals surface area contributed by atoms with E-state index in [0.29, 0.717) is 29.5 Å². The summed E-state index contributed by atoms with van der Waals surface area (Å²) in [5, 5.41) is 10.4. The highest BCUT2D eigenvalue weighted by molar-refractivity contribution is 8.00. The lowest BCUT2D eigenvalue weighted by atomic mass is 10.1. The first kappa shape index (κ1) is 16.0. The zero-order valence-electron chi connectivity index (χ0n) is 12.6. The fourth-order valence-corrected chi connectivity index (χ4v) is 3.73. The highest BCUT2D eigenvalue weighted by Gasteiger charge is 2.22. The summed E-state index contributed by atoms with van der Waals surface area (Å²) < 4.78 is 5.67. The molecule has 0 radical (unpaired) electrons. The summed E-state index contributed by atoms with van der Waals surface area (Å²) >= 11 is 3.00. The van der Waals surface area contributed by atoms with E-state index in [1.165, 1.54) is 16.6 Å². The van der Waals surface area contributed by atoms with Crippen LogP contribution in [0, 0.1) is 0 Å². The summed E-state index contributed by atoms with van der Waals surface area (Å²) in [4.78, 5) is 13.7. The molecule has 0 aliphatic heterocycles. The first-order valence-corrected chi connectivity index (χ1v) is 9.13. The van der Waals surface area contributed by atoms with Crippen molar-refractivity contribution in [2.45, 2.75) is 30.2 Å². The quantitative estimate of drug-likeness (QED) is 0.467. The minimum absolute atomic E-state index is 0.0936. The number of benzene rings is 1. The lowest BCUT2D eigenvalue weighted by Crippen LogP contribution is -2.16. The Balaban J connectivity index is 1.67. The van der Waals surface area contributed by atoms with Gasteiger partial charge in [-0.1, -0.05) is 55.1 Å². The van der Waals surface area contributed by atoms with Crippen molar-refractivity contribution >= 4 is 28.9 Å². The maximum Gasteiger partial charge on any atom is 0.277 e. The number of Topliss-reactive ketones (excluding diaryl/α,β-unsaturated/α-hetero) is 1. The number of hydrogen-bond donors (Lipinski definition) is 0. The van der Waals surface area contributed by atoms with Crippen LogP contribution in [0.3, 0.4) is 0 Å². The van der Waals surface area contributed by atoms with E-state index in [2.05, 4.69) is 10.2 Å². The van der Waals surface area contributed by atoms with Crippen LogP contribution in [-0.4, -0.2) is 21.2 Å². The van der Waals surface area contributed by atoms with Gasteiger partial charge in [-0.05, 0) is 17.9 Å². The molecule has 0 unspecified atom stereocenters. The third-order valence-electron chi connectivity index (χ3n) is 3.32. The zero-order chi connectivity index (χ0) is 16.1. The number of aromatic nitrogens is 2. The molecule has 23 heavy (non-hydrogen) atoms. The lowest BCUT2D eigenvalue weighted by Gasteiger charge is -2.10. The van der Waals surface area contributed by atoms with Gasteiger partial charge in [0, 0.05) is 10.4 Å². The minimum atomic E-state index is -0.215. The largest absolute Gasteiger partial charge is 0.416 e. The number of thioether (sulfide) groups is 1. The third-order valence-corrected chi connectivity index (χ3v) is 5.39. The van der Waals surface area contributed by atoms with Gasteiger partial charge < -0.3 is 4.42 Å². The van der Waals surface area contributed by atoms with E-state index in [-0.39, 0.29) is 11.0 Å². The van der Waals surface area contributed by atoms with Gasteiger partial charge in [0.05, 0.1) is 11.7 Å². The Hall–Kier alpha value is -1.92. The average molecular weight is 344 g/mol. The summed E-state index contributed by atoms with van der Waals surface area (Å²) in [6.45, 7) is 1.99. The molecule has 2 heterocycles. The normalized spacial score (nSPS) is 12.2. The van der Waals surface area contributed by atoms with Crippen molar-refractivity contribution in [2.24, 2.45) is 0 Å². The third kappa shape index (κ3) is 4.09. The maximum absolute atomic E-state index is 12.5. The second kappa shape index (κ2) is 7.57. The van der Waals surface area contributed by atoms with Crippen molar-refractivity contribution in [1.29, 1.82) is 0 Å². The van der Waals surface area contributed by atoms with Crippen LogP contribution in [-0.2, 0) is 6.42 Å². The molecular weight excluding hydrogens is 328 g/mol. The molecule has 0 N–H and O–H groups in total. The first-order chi connectivity index (χ1) is 11.3. The SMILES string of the molecule is CC[C@H](Sc1nnc(Cc2cccs2)o1)C(=O)c1ccccc1. The van der Waals surface area contributed by atoms with Crippen LogP contribution in [0.2, 0.25) is 0 Å². The molecule has 118 valence electrons. The monoisotopic (exact) mass is 344 g/mol. The number of carbonyl (C=O) groups excluding carboxylic acids is 1. The van der Waals surface area contributed by atoms with E-state index in [1.54, 1.807) is 11.3 Å². The molecule has 3 rings (SSSR count). The second-order valence-corrected chi connectivity index (χ2v) is 7.15. The molecule has 0 aliphatic carbocycles. The molecule has 1 aromatic carbocycles. The van der Waals surface area contributed by atoms with Crippen molar-refractivity contribution in [2.75, 3.05) is 0 Å². The van der Waals surface area contributed by atoms with Gasteiger partial charge in [-0.15, -0.1) is 21.5 Å². The predicted molar refractivity (Wildman–Crippen MR) is 92.1 cm³/mol.